The van der Waals surface area contributed by atoms with Crippen LogP contribution in [0.1, 0.15) is 44.9 Å². The van der Waals surface area contributed by atoms with Gasteiger partial charge in [-0.3, -0.25) is 14.3 Å². The zero-order chi connectivity index (χ0) is 24.9. The van der Waals surface area contributed by atoms with Gasteiger partial charge in [0.05, 0.1) is 12.2 Å². The Morgan fingerprint density at radius 1 is 1.00 bits per heavy atom. The molecule has 0 bridgehead atoms. The minimum absolute atomic E-state index is 0.0154. The number of aromatic nitrogens is 1. The highest BCUT2D eigenvalue weighted by Crippen LogP contribution is 2.40. The Kier molecular flexibility index (Phi) is 7.87. The van der Waals surface area contributed by atoms with E-state index in [-0.39, 0.29) is 11.8 Å². The molecule has 2 fully saturated rings. The quantitative estimate of drug-likeness (QED) is 0.359. The van der Waals surface area contributed by atoms with Crippen LogP contribution in [0.3, 0.4) is 0 Å². The van der Waals surface area contributed by atoms with Crippen LogP contribution >= 0.6 is 11.6 Å². The summed E-state index contributed by atoms with van der Waals surface area (Å²) >= 11 is 6.27. The number of azo groups is 1. The van der Waals surface area contributed by atoms with Gasteiger partial charge in [0.2, 0.25) is 5.88 Å². The summed E-state index contributed by atoms with van der Waals surface area (Å²) in [6, 6.07) is 15.9. The minimum Gasteiger partial charge on any atom is -0.493 e. The number of para-hydroxylation sites is 1. The fourth-order valence-electron chi connectivity index (χ4n) is 5.48. The third-order valence-electron chi connectivity index (χ3n) is 7.56. The third-order valence-corrected chi connectivity index (χ3v) is 7.79. The number of carbonyl (C=O) groups is 1. The second-order valence-electron chi connectivity index (χ2n) is 9.98. The number of hydrogen-bond acceptors (Lipinski definition) is 5. The molecule has 1 N–H and O–H groups in total. The maximum Gasteiger partial charge on any atom is 0.264 e. The van der Waals surface area contributed by atoms with Crippen molar-refractivity contribution in [2.75, 3.05) is 31.1 Å². The maximum absolute atomic E-state index is 12.5. The zero-order valence-electron chi connectivity index (χ0n) is 20.7. The first-order valence-corrected chi connectivity index (χ1v) is 13.4. The van der Waals surface area contributed by atoms with Crippen molar-refractivity contribution in [1.29, 1.82) is 0 Å². The van der Waals surface area contributed by atoms with E-state index in [1.807, 2.05) is 22.8 Å². The molecule has 2 aliphatic rings. The molecule has 36 heavy (non-hydrogen) atoms. The number of benzene rings is 2. The largest absolute Gasteiger partial charge is 0.493 e. The summed E-state index contributed by atoms with van der Waals surface area (Å²) in [7, 11) is 0. The first-order chi connectivity index (χ1) is 17.6. The lowest BCUT2D eigenvalue weighted by Gasteiger charge is -2.36. The van der Waals surface area contributed by atoms with Crippen molar-refractivity contribution in [1.82, 2.24) is 9.47 Å². The minimum atomic E-state index is -0.236. The van der Waals surface area contributed by atoms with Crippen LogP contribution in [0, 0.1) is 5.92 Å². The summed E-state index contributed by atoms with van der Waals surface area (Å²) in [6.07, 6.45) is 7.50. The second kappa shape index (κ2) is 11.4. The van der Waals surface area contributed by atoms with Crippen LogP contribution < -0.4 is 4.90 Å². The van der Waals surface area contributed by atoms with Crippen molar-refractivity contribution < 1.29 is 9.90 Å². The highest BCUT2D eigenvalue weighted by molar-refractivity contribution is 6.31. The van der Waals surface area contributed by atoms with Gasteiger partial charge in [-0.05, 0) is 42.7 Å². The van der Waals surface area contributed by atoms with Gasteiger partial charge in [-0.2, -0.15) is 0 Å². The highest BCUT2D eigenvalue weighted by atomic mass is 35.5. The van der Waals surface area contributed by atoms with Crippen molar-refractivity contribution in [2.45, 2.75) is 51.6 Å². The van der Waals surface area contributed by atoms with E-state index in [4.69, 9.17) is 11.6 Å². The van der Waals surface area contributed by atoms with E-state index in [1.54, 1.807) is 6.07 Å². The van der Waals surface area contributed by atoms with Crippen LogP contribution in [-0.4, -0.2) is 46.7 Å². The number of halogens is 1. The topological polar surface area (TPSA) is 73.4 Å². The summed E-state index contributed by atoms with van der Waals surface area (Å²) in [5.41, 5.74) is 2.37. The molecule has 1 saturated carbocycles. The number of anilines is 1. The van der Waals surface area contributed by atoms with Crippen molar-refractivity contribution in [3.05, 3.63) is 53.6 Å². The number of carbonyl (C=O) groups excluding carboxylic acids is 1. The normalized spacial score (nSPS) is 17.9. The number of fused-ring (bicyclic) bond motifs is 1. The SMILES string of the molecule is O=C(CCC1CCCCC1)N=Nc1c(O)n(CN2CCN(c3ccccc3)CC2)c2ccc(Cl)cc12. The van der Waals surface area contributed by atoms with Gasteiger partial charge in [0, 0.05) is 48.7 Å². The van der Waals surface area contributed by atoms with Crippen LogP contribution in [0.2, 0.25) is 5.02 Å². The molecule has 7 nitrogen and oxygen atoms in total. The molecule has 2 heterocycles. The number of aromatic hydroxyl groups is 1. The molecule has 3 aromatic rings. The van der Waals surface area contributed by atoms with E-state index in [2.05, 4.69) is 44.3 Å². The van der Waals surface area contributed by atoms with Crippen LogP contribution in [0.15, 0.2) is 58.8 Å². The molecular formula is C28H34ClN5O2. The summed E-state index contributed by atoms with van der Waals surface area (Å²) in [5, 5.41) is 20.6. The third kappa shape index (κ3) is 5.73. The predicted octanol–water partition coefficient (Wildman–Crippen LogP) is 6.75. The predicted molar refractivity (Wildman–Crippen MR) is 144 cm³/mol. The first kappa shape index (κ1) is 24.8. The Balaban J connectivity index is 1.28. The van der Waals surface area contributed by atoms with Crippen molar-refractivity contribution in [3.63, 3.8) is 0 Å². The molecule has 1 aromatic heterocycles. The molecule has 0 atom stereocenters. The molecule has 5 rings (SSSR count). The Bertz CT molecular complexity index is 1210. The van der Waals surface area contributed by atoms with E-state index in [1.165, 1.54) is 37.8 Å². The number of rotatable bonds is 7. The molecule has 0 radical (unpaired) electrons. The van der Waals surface area contributed by atoms with Gasteiger partial charge in [-0.15, -0.1) is 10.2 Å². The highest BCUT2D eigenvalue weighted by Gasteiger charge is 2.22. The van der Waals surface area contributed by atoms with Crippen molar-refractivity contribution in [3.8, 4) is 5.88 Å². The van der Waals surface area contributed by atoms with Gasteiger partial charge in [0.15, 0.2) is 5.69 Å². The van der Waals surface area contributed by atoms with Crippen molar-refractivity contribution in [2.24, 2.45) is 16.1 Å². The van der Waals surface area contributed by atoms with Gasteiger partial charge in [0.1, 0.15) is 0 Å². The Labute approximate surface area is 217 Å². The molecule has 8 heteroatoms. The van der Waals surface area contributed by atoms with Crippen LogP contribution in [-0.2, 0) is 11.5 Å². The first-order valence-electron chi connectivity index (χ1n) is 13.1. The number of nitrogens with zero attached hydrogens (tertiary/aromatic N) is 5. The summed E-state index contributed by atoms with van der Waals surface area (Å²) in [4.78, 5) is 17.1. The average Bonchev–Trinajstić information content (AvgIpc) is 3.17. The smallest absolute Gasteiger partial charge is 0.264 e. The van der Waals surface area contributed by atoms with E-state index >= 15 is 0 Å². The lowest BCUT2D eigenvalue weighted by atomic mass is 9.86. The van der Waals surface area contributed by atoms with E-state index in [0.717, 1.165) is 38.1 Å². The molecule has 0 unspecified atom stereocenters. The molecule has 1 aliphatic carbocycles. The van der Waals surface area contributed by atoms with Gasteiger partial charge in [-0.25, -0.2) is 0 Å². The fraction of sp³-hybridized carbons (Fsp3) is 0.464. The van der Waals surface area contributed by atoms with Crippen LogP contribution in [0.4, 0.5) is 11.4 Å². The van der Waals surface area contributed by atoms with Gasteiger partial charge in [-0.1, -0.05) is 61.9 Å². The van der Waals surface area contributed by atoms with E-state index in [9.17, 15) is 9.90 Å². The molecule has 190 valence electrons. The second-order valence-corrected chi connectivity index (χ2v) is 10.4. The lowest BCUT2D eigenvalue weighted by molar-refractivity contribution is -0.118. The fourth-order valence-corrected chi connectivity index (χ4v) is 5.66. The standard InChI is InChI=1S/C28H34ClN5O2/c29-22-12-13-25-24(19-22)27(31-30-26(35)14-11-21-7-3-1-4-8-21)28(36)34(25)20-32-15-17-33(18-16-32)23-9-5-2-6-10-23/h2,5-6,9-10,12-13,19,21,36H,1,3-4,7-8,11,14-18,20H2. The Hall–Kier alpha value is -2.90. The van der Waals surface area contributed by atoms with Gasteiger partial charge < -0.3 is 10.0 Å². The molecular weight excluding hydrogens is 474 g/mol. The summed E-state index contributed by atoms with van der Waals surface area (Å²) in [6.45, 7) is 4.10. The molecule has 1 aliphatic heterocycles. The van der Waals surface area contributed by atoms with Gasteiger partial charge in [0.25, 0.3) is 5.91 Å². The molecule has 2 aromatic carbocycles. The van der Waals surface area contributed by atoms with E-state index < -0.39 is 0 Å². The monoisotopic (exact) mass is 507 g/mol. The Morgan fingerprint density at radius 3 is 2.50 bits per heavy atom. The summed E-state index contributed by atoms with van der Waals surface area (Å²) < 4.78 is 1.84. The maximum atomic E-state index is 12.5. The lowest BCUT2D eigenvalue weighted by Crippen LogP contribution is -2.46. The average molecular weight is 508 g/mol. The van der Waals surface area contributed by atoms with Gasteiger partial charge >= 0.3 is 0 Å². The van der Waals surface area contributed by atoms with Crippen LogP contribution in [0.5, 0.6) is 5.88 Å². The number of piperazine rings is 1. The molecule has 1 saturated heterocycles. The number of amides is 1. The summed E-state index contributed by atoms with van der Waals surface area (Å²) in [5.74, 6) is 0.399. The van der Waals surface area contributed by atoms with E-state index in [0.29, 0.717) is 35.1 Å². The zero-order valence-corrected chi connectivity index (χ0v) is 21.4. The Morgan fingerprint density at radius 2 is 1.75 bits per heavy atom. The molecule has 0 spiro atoms. The molecule has 1 amide bonds. The number of hydrogen-bond donors (Lipinski definition) is 1. The van der Waals surface area contributed by atoms with Crippen LogP contribution in [0.25, 0.3) is 10.9 Å². The van der Waals surface area contributed by atoms with Crippen molar-refractivity contribution >= 4 is 39.8 Å².